The van der Waals surface area contributed by atoms with Gasteiger partial charge in [0.1, 0.15) is 12.3 Å². The van der Waals surface area contributed by atoms with Crippen molar-refractivity contribution in [3.8, 4) is 28.3 Å². The Bertz CT molecular complexity index is 1360. The van der Waals surface area contributed by atoms with Gasteiger partial charge in [0.05, 0.1) is 24.3 Å². The summed E-state index contributed by atoms with van der Waals surface area (Å²) in [6.07, 6.45) is 17.4. The quantitative estimate of drug-likeness (QED) is 0.0731. The summed E-state index contributed by atoms with van der Waals surface area (Å²) < 4.78 is 12.0. The van der Waals surface area contributed by atoms with Gasteiger partial charge in [-0.3, -0.25) is 9.59 Å². The second-order valence-electron chi connectivity index (χ2n) is 11.0. The van der Waals surface area contributed by atoms with E-state index in [0.29, 0.717) is 23.7 Å². The predicted octanol–water partition coefficient (Wildman–Crippen LogP) is 7.29. The summed E-state index contributed by atoms with van der Waals surface area (Å²) in [4.78, 5) is 40.0. The Kier molecular flexibility index (Phi) is 15.4. The molecule has 3 aromatic rings. The topological polar surface area (TPSA) is 120 Å². The number of benzene rings is 2. The highest BCUT2D eigenvalue weighted by Crippen LogP contribution is 2.32. The van der Waals surface area contributed by atoms with Crippen LogP contribution in [-0.2, 0) is 25.7 Å². The monoisotopic (exact) mass is 617 g/mol. The molecule has 0 spiro atoms. The molecule has 9 nitrogen and oxygen atoms in total. The fourth-order valence-corrected chi connectivity index (χ4v) is 5.02. The third-order valence-corrected chi connectivity index (χ3v) is 7.37. The van der Waals surface area contributed by atoms with E-state index in [1.807, 2.05) is 36.4 Å². The molecule has 2 aromatic carbocycles. The molecule has 1 heterocycles. The molecule has 0 aliphatic rings. The molecule has 3 rings (SSSR count). The molecule has 0 bridgehead atoms. The van der Waals surface area contributed by atoms with Crippen molar-refractivity contribution in [3.63, 3.8) is 0 Å². The molecule has 1 aromatic heterocycles. The molecule has 45 heavy (non-hydrogen) atoms. The van der Waals surface area contributed by atoms with Crippen LogP contribution in [0.3, 0.4) is 0 Å². The van der Waals surface area contributed by atoms with Gasteiger partial charge in [0.15, 0.2) is 6.61 Å². The number of carbonyl (C=O) groups is 3. The largest absolute Gasteiger partial charge is 0.482 e. The van der Waals surface area contributed by atoms with Gasteiger partial charge in [0.2, 0.25) is 5.91 Å². The number of esters is 1. The fourth-order valence-electron chi connectivity index (χ4n) is 5.02. The van der Waals surface area contributed by atoms with E-state index in [2.05, 4.69) is 17.2 Å². The normalized spacial score (nSPS) is 11.1. The number of aromatic nitrogens is 2. The number of ether oxygens (including phenoxy) is 2. The Labute approximate surface area is 266 Å². The Balaban J connectivity index is 1.54. The number of unbranched alkanes of at least 4 members (excludes halogenated alkanes) is 9. The lowest BCUT2D eigenvalue weighted by molar-refractivity contribution is -0.145. The maximum atomic E-state index is 12.3. The van der Waals surface area contributed by atoms with Gasteiger partial charge in [-0.05, 0) is 49.2 Å². The maximum absolute atomic E-state index is 12.3. The Morgan fingerprint density at radius 3 is 2.09 bits per heavy atom. The molecule has 0 radical (unpaired) electrons. The summed E-state index contributed by atoms with van der Waals surface area (Å²) in [6, 6.07) is 14.6. The summed E-state index contributed by atoms with van der Waals surface area (Å²) in [6.45, 7) is 4.50. The Hall–Kier alpha value is -4.40. The molecule has 242 valence electrons. The average molecular weight is 618 g/mol. The second kappa shape index (κ2) is 19.8. The van der Waals surface area contributed by atoms with Crippen molar-refractivity contribution in [2.24, 2.45) is 0 Å². The molecule has 9 heteroatoms. The number of hydrogen-bond acceptors (Lipinski definition) is 6. The van der Waals surface area contributed by atoms with Gasteiger partial charge >= 0.3 is 11.9 Å². The molecule has 0 aliphatic heterocycles. The van der Waals surface area contributed by atoms with Crippen molar-refractivity contribution >= 4 is 23.9 Å². The minimum atomic E-state index is -0.980. The highest BCUT2D eigenvalue weighted by Gasteiger charge is 2.17. The van der Waals surface area contributed by atoms with Crippen molar-refractivity contribution in [1.82, 2.24) is 14.9 Å². The number of carboxylic acids is 1. The maximum Gasteiger partial charge on any atom is 0.344 e. The molecule has 0 fully saturated rings. The zero-order valence-corrected chi connectivity index (χ0v) is 26.6. The predicted molar refractivity (Wildman–Crippen MR) is 177 cm³/mol. The lowest BCUT2D eigenvalue weighted by Crippen LogP contribution is -2.21. The third kappa shape index (κ3) is 12.6. The van der Waals surface area contributed by atoms with Crippen molar-refractivity contribution in [2.75, 3.05) is 19.8 Å². The smallest absolute Gasteiger partial charge is 0.344 e. The average Bonchev–Trinajstić information content (AvgIpc) is 3.45. The lowest BCUT2D eigenvalue weighted by Gasteiger charge is -2.10. The van der Waals surface area contributed by atoms with Crippen molar-refractivity contribution in [2.45, 2.75) is 84.6 Å². The minimum Gasteiger partial charge on any atom is -0.482 e. The molecule has 0 saturated heterocycles. The third-order valence-electron chi connectivity index (χ3n) is 7.37. The first kappa shape index (κ1) is 35.1. The Morgan fingerprint density at radius 2 is 1.47 bits per heavy atom. The van der Waals surface area contributed by atoms with E-state index < -0.39 is 11.9 Å². The van der Waals surface area contributed by atoms with Gasteiger partial charge in [0, 0.05) is 23.7 Å². The van der Waals surface area contributed by atoms with E-state index in [4.69, 9.17) is 9.47 Å². The van der Waals surface area contributed by atoms with Crippen LogP contribution >= 0.6 is 0 Å². The first-order valence-corrected chi connectivity index (χ1v) is 16.1. The van der Waals surface area contributed by atoms with E-state index in [0.717, 1.165) is 29.5 Å². The van der Waals surface area contributed by atoms with E-state index in [1.54, 1.807) is 29.7 Å². The number of amides is 1. The Morgan fingerprint density at radius 1 is 0.844 bits per heavy atom. The summed E-state index contributed by atoms with van der Waals surface area (Å²) in [5.74, 6) is -1.04. The molecular weight excluding hydrogens is 570 g/mol. The molecule has 0 atom stereocenters. The number of hydrogen-bond donors (Lipinski definition) is 2. The summed E-state index contributed by atoms with van der Waals surface area (Å²) >= 11 is 0. The zero-order valence-electron chi connectivity index (χ0n) is 26.6. The van der Waals surface area contributed by atoms with Gasteiger partial charge in [-0.15, -0.1) is 0 Å². The number of rotatable bonds is 21. The number of imidazole rings is 1. The first-order chi connectivity index (χ1) is 21.9. The minimum absolute atomic E-state index is 0.119. The first-order valence-electron chi connectivity index (χ1n) is 16.1. The number of aliphatic carboxylic acids is 1. The van der Waals surface area contributed by atoms with Gasteiger partial charge < -0.3 is 24.5 Å². The molecule has 2 N–H and O–H groups in total. The molecule has 0 aliphatic carbocycles. The molecular formula is C36H47N3O6. The van der Waals surface area contributed by atoms with Crippen LogP contribution < -0.4 is 10.1 Å². The number of carbonyl (C=O) groups excluding carboxylic acids is 2. The van der Waals surface area contributed by atoms with Crippen LogP contribution in [0.25, 0.3) is 28.6 Å². The van der Waals surface area contributed by atoms with Crippen LogP contribution in [0.2, 0.25) is 0 Å². The standard InChI is InChI=1S/C36H47N3O6/c1-3-5-6-7-8-9-10-11-12-13-24-37-32(40)23-16-28-14-17-30(18-15-28)36-35(38-27-39(36)25-33(41)42)29-19-21-31(22-20-29)45-26-34(43)44-4-2/h14-23,27H,3-13,24-26H2,1-2H3,(H,37,40)(H,41,42). The van der Waals surface area contributed by atoms with Gasteiger partial charge in [-0.2, -0.15) is 0 Å². The number of carboxylic acid groups (broad SMARTS) is 1. The van der Waals surface area contributed by atoms with Crippen molar-refractivity contribution < 1.29 is 29.0 Å². The van der Waals surface area contributed by atoms with Gasteiger partial charge in [0.25, 0.3) is 0 Å². The summed E-state index contributed by atoms with van der Waals surface area (Å²) in [5, 5.41) is 12.4. The van der Waals surface area contributed by atoms with Gasteiger partial charge in [-0.25, -0.2) is 9.78 Å². The van der Waals surface area contributed by atoms with Crippen LogP contribution in [0.5, 0.6) is 5.75 Å². The van der Waals surface area contributed by atoms with Crippen LogP contribution in [0.1, 0.15) is 83.6 Å². The van der Waals surface area contributed by atoms with E-state index in [1.165, 1.54) is 63.8 Å². The van der Waals surface area contributed by atoms with Crippen LogP contribution in [0.4, 0.5) is 0 Å². The molecule has 0 unspecified atom stereocenters. The number of nitrogens with one attached hydrogen (secondary N) is 1. The zero-order chi connectivity index (χ0) is 32.3. The van der Waals surface area contributed by atoms with Gasteiger partial charge in [-0.1, -0.05) is 89.0 Å². The van der Waals surface area contributed by atoms with Crippen LogP contribution in [-0.4, -0.2) is 52.3 Å². The lowest BCUT2D eigenvalue weighted by atomic mass is 10.0. The van der Waals surface area contributed by atoms with Crippen LogP contribution in [0.15, 0.2) is 60.9 Å². The van der Waals surface area contributed by atoms with E-state index >= 15 is 0 Å². The highest BCUT2D eigenvalue weighted by molar-refractivity contribution is 5.91. The summed E-state index contributed by atoms with van der Waals surface area (Å²) in [5.41, 5.74) is 3.67. The van der Waals surface area contributed by atoms with E-state index in [-0.39, 0.29) is 25.7 Å². The number of nitrogens with zero attached hydrogens (tertiary/aromatic N) is 2. The summed E-state index contributed by atoms with van der Waals surface area (Å²) in [7, 11) is 0. The van der Waals surface area contributed by atoms with Crippen molar-refractivity contribution in [3.05, 3.63) is 66.5 Å². The van der Waals surface area contributed by atoms with E-state index in [9.17, 15) is 19.5 Å². The second-order valence-corrected chi connectivity index (χ2v) is 11.0. The highest BCUT2D eigenvalue weighted by atomic mass is 16.6. The van der Waals surface area contributed by atoms with Crippen LogP contribution in [0, 0.1) is 0 Å². The molecule has 0 saturated carbocycles. The fraction of sp³-hybridized carbons (Fsp3) is 0.444. The SMILES string of the molecule is CCCCCCCCCCCCNC(=O)C=Cc1ccc(-c2c(-c3ccc(OCC(=O)OCC)cc3)ncn2CC(=O)O)cc1. The molecule has 1 amide bonds. The van der Waals surface area contributed by atoms with Crippen molar-refractivity contribution in [1.29, 1.82) is 0 Å².